The van der Waals surface area contributed by atoms with Crippen molar-refractivity contribution < 1.29 is 22.7 Å². The van der Waals surface area contributed by atoms with Crippen LogP contribution < -0.4 is 4.72 Å². The van der Waals surface area contributed by atoms with Crippen LogP contribution in [0.1, 0.15) is 31.1 Å². The van der Waals surface area contributed by atoms with Gasteiger partial charge in [0.15, 0.2) is 0 Å². The van der Waals surface area contributed by atoms with Crippen molar-refractivity contribution in [1.82, 2.24) is 4.72 Å². The van der Waals surface area contributed by atoms with Crippen LogP contribution >= 0.6 is 0 Å². The third-order valence-corrected chi connectivity index (χ3v) is 4.63. The number of carboxylic acids is 1. The Morgan fingerprint density at radius 3 is 2.45 bits per heavy atom. The molecule has 0 saturated carbocycles. The standard InChI is InChI=1S/C13H18FNO4S/c1-8(2)9(3)7-15-20(18,19)10-4-5-12(14)11(6-10)13(16)17/h4-6,8-9,15H,7H2,1-3H3,(H,16,17). The van der Waals surface area contributed by atoms with E-state index in [0.29, 0.717) is 5.92 Å². The number of halogens is 1. The van der Waals surface area contributed by atoms with Crippen molar-refractivity contribution in [1.29, 1.82) is 0 Å². The van der Waals surface area contributed by atoms with E-state index in [2.05, 4.69) is 4.72 Å². The molecule has 0 radical (unpaired) electrons. The highest BCUT2D eigenvalue weighted by atomic mass is 32.2. The van der Waals surface area contributed by atoms with Crippen LogP contribution in [-0.4, -0.2) is 26.0 Å². The molecule has 112 valence electrons. The molecule has 0 aromatic heterocycles. The van der Waals surface area contributed by atoms with Crippen LogP contribution in [0, 0.1) is 17.7 Å². The Hall–Kier alpha value is -1.47. The summed E-state index contributed by atoms with van der Waals surface area (Å²) in [6, 6.07) is 2.70. The number of sulfonamides is 1. The van der Waals surface area contributed by atoms with Gasteiger partial charge in [-0.15, -0.1) is 0 Å². The molecule has 5 nitrogen and oxygen atoms in total. The minimum atomic E-state index is -3.84. The molecule has 0 fully saturated rings. The highest BCUT2D eigenvalue weighted by Crippen LogP contribution is 2.16. The first kappa shape index (κ1) is 16.6. The molecule has 0 heterocycles. The molecule has 7 heteroatoms. The maximum atomic E-state index is 13.2. The van der Waals surface area contributed by atoms with Crippen molar-refractivity contribution in [3.63, 3.8) is 0 Å². The maximum Gasteiger partial charge on any atom is 0.338 e. The van der Waals surface area contributed by atoms with E-state index in [0.717, 1.165) is 18.2 Å². The molecule has 1 aromatic carbocycles. The fourth-order valence-electron chi connectivity index (χ4n) is 1.40. The first-order chi connectivity index (χ1) is 9.15. The maximum absolute atomic E-state index is 13.2. The highest BCUT2D eigenvalue weighted by molar-refractivity contribution is 7.89. The lowest BCUT2D eigenvalue weighted by atomic mass is 9.99. The van der Waals surface area contributed by atoms with Gasteiger partial charge in [0.1, 0.15) is 5.82 Å². The van der Waals surface area contributed by atoms with E-state index in [1.54, 1.807) is 0 Å². The van der Waals surface area contributed by atoms with Crippen molar-refractivity contribution in [2.45, 2.75) is 25.7 Å². The predicted octanol–water partition coefficient (Wildman–Crippen LogP) is 2.09. The Balaban J connectivity index is 2.99. The van der Waals surface area contributed by atoms with E-state index < -0.39 is 27.4 Å². The topological polar surface area (TPSA) is 83.5 Å². The number of hydrogen-bond donors (Lipinski definition) is 2. The first-order valence-electron chi connectivity index (χ1n) is 6.17. The van der Waals surface area contributed by atoms with Crippen molar-refractivity contribution in [2.75, 3.05) is 6.54 Å². The number of carboxylic acid groups (broad SMARTS) is 1. The van der Waals surface area contributed by atoms with E-state index in [1.807, 2.05) is 20.8 Å². The van der Waals surface area contributed by atoms with Crippen LogP contribution in [0.4, 0.5) is 4.39 Å². The van der Waals surface area contributed by atoms with E-state index >= 15 is 0 Å². The summed E-state index contributed by atoms with van der Waals surface area (Å²) < 4.78 is 39.7. The summed E-state index contributed by atoms with van der Waals surface area (Å²) in [6.07, 6.45) is 0. The molecule has 20 heavy (non-hydrogen) atoms. The number of carbonyl (C=O) groups is 1. The van der Waals surface area contributed by atoms with E-state index in [4.69, 9.17) is 5.11 Å². The van der Waals surface area contributed by atoms with Crippen LogP contribution in [0.25, 0.3) is 0 Å². The zero-order chi connectivity index (χ0) is 15.5. The van der Waals surface area contributed by atoms with Gasteiger partial charge in [-0.1, -0.05) is 20.8 Å². The molecule has 1 aromatic rings. The smallest absolute Gasteiger partial charge is 0.338 e. The molecular formula is C13H18FNO4S. The minimum absolute atomic E-state index is 0.129. The Kier molecular flexibility index (Phi) is 5.24. The largest absolute Gasteiger partial charge is 0.478 e. The number of benzene rings is 1. The second-order valence-electron chi connectivity index (χ2n) is 5.02. The minimum Gasteiger partial charge on any atom is -0.478 e. The molecule has 0 saturated heterocycles. The molecule has 0 spiro atoms. The monoisotopic (exact) mass is 303 g/mol. The fraction of sp³-hybridized carbons (Fsp3) is 0.462. The van der Waals surface area contributed by atoms with E-state index in [1.165, 1.54) is 0 Å². The zero-order valence-corrected chi connectivity index (χ0v) is 12.4. The second kappa shape index (κ2) is 6.32. The highest BCUT2D eigenvalue weighted by Gasteiger charge is 2.20. The van der Waals surface area contributed by atoms with Crippen molar-refractivity contribution in [3.8, 4) is 0 Å². The molecule has 0 bridgehead atoms. The van der Waals surface area contributed by atoms with Gasteiger partial charge in [-0.25, -0.2) is 22.3 Å². The Bertz CT molecular complexity index is 598. The average Bonchev–Trinajstić information content (AvgIpc) is 2.35. The molecule has 1 rings (SSSR count). The summed E-state index contributed by atoms with van der Waals surface area (Å²) in [5, 5.41) is 8.79. The lowest BCUT2D eigenvalue weighted by Crippen LogP contribution is -2.30. The molecule has 0 aliphatic carbocycles. The normalized spacial score (nSPS) is 13.4. The summed E-state index contributed by atoms with van der Waals surface area (Å²) in [5.74, 6) is -2.04. The number of nitrogens with one attached hydrogen (secondary N) is 1. The first-order valence-corrected chi connectivity index (χ1v) is 7.66. The molecular weight excluding hydrogens is 285 g/mol. The van der Waals surface area contributed by atoms with Crippen LogP contribution in [0.5, 0.6) is 0 Å². The van der Waals surface area contributed by atoms with Crippen LogP contribution in [0.2, 0.25) is 0 Å². The molecule has 2 N–H and O–H groups in total. The summed E-state index contributed by atoms with van der Waals surface area (Å²) in [7, 11) is -3.84. The number of rotatable bonds is 6. The number of aromatic carboxylic acids is 1. The van der Waals surface area contributed by atoms with Crippen LogP contribution in [0.3, 0.4) is 0 Å². The van der Waals surface area contributed by atoms with Gasteiger partial charge in [-0.3, -0.25) is 0 Å². The molecule has 0 amide bonds. The number of hydrogen-bond acceptors (Lipinski definition) is 3. The van der Waals surface area contributed by atoms with Gasteiger partial charge in [0.05, 0.1) is 10.5 Å². The Morgan fingerprint density at radius 1 is 1.35 bits per heavy atom. The molecule has 1 atom stereocenters. The lowest BCUT2D eigenvalue weighted by Gasteiger charge is -2.16. The van der Waals surface area contributed by atoms with Gasteiger partial charge in [0, 0.05) is 6.54 Å². The van der Waals surface area contributed by atoms with Crippen LogP contribution in [0.15, 0.2) is 23.1 Å². The van der Waals surface area contributed by atoms with Crippen LogP contribution in [-0.2, 0) is 10.0 Å². The second-order valence-corrected chi connectivity index (χ2v) is 6.79. The average molecular weight is 303 g/mol. The third kappa shape index (κ3) is 4.01. The van der Waals surface area contributed by atoms with Gasteiger partial charge in [0.25, 0.3) is 0 Å². The van der Waals surface area contributed by atoms with Gasteiger partial charge >= 0.3 is 5.97 Å². The zero-order valence-electron chi connectivity index (χ0n) is 11.6. The van der Waals surface area contributed by atoms with Crippen molar-refractivity contribution >= 4 is 16.0 Å². The lowest BCUT2D eigenvalue weighted by molar-refractivity contribution is 0.0691. The van der Waals surface area contributed by atoms with Crippen molar-refractivity contribution in [3.05, 3.63) is 29.6 Å². The Morgan fingerprint density at radius 2 is 1.95 bits per heavy atom. The summed E-state index contributed by atoms with van der Waals surface area (Å²) in [4.78, 5) is 10.5. The summed E-state index contributed by atoms with van der Waals surface area (Å²) >= 11 is 0. The summed E-state index contributed by atoms with van der Waals surface area (Å²) in [5.41, 5.74) is -0.662. The molecule has 1 unspecified atom stereocenters. The fourth-order valence-corrected chi connectivity index (χ4v) is 2.56. The van der Waals surface area contributed by atoms with Gasteiger partial charge < -0.3 is 5.11 Å². The quantitative estimate of drug-likeness (QED) is 0.843. The SMILES string of the molecule is CC(C)C(C)CNS(=O)(=O)c1ccc(F)c(C(=O)O)c1. The third-order valence-electron chi connectivity index (χ3n) is 3.21. The molecule has 0 aliphatic heterocycles. The van der Waals surface area contributed by atoms with Gasteiger partial charge in [-0.05, 0) is 30.0 Å². The van der Waals surface area contributed by atoms with E-state index in [9.17, 15) is 17.6 Å². The van der Waals surface area contributed by atoms with Gasteiger partial charge in [-0.2, -0.15) is 0 Å². The summed E-state index contributed by atoms with van der Waals surface area (Å²) in [6.45, 7) is 6.08. The predicted molar refractivity (Wildman–Crippen MR) is 72.5 cm³/mol. The van der Waals surface area contributed by atoms with E-state index in [-0.39, 0.29) is 17.4 Å². The van der Waals surface area contributed by atoms with Gasteiger partial charge in [0.2, 0.25) is 10.0 Å². The Labute approximate surface area is 117 Å². The molecule has 0 aliphatic rings. The van der Waals surface area contributed by atoms with Crippen molar-refractivity contribution in [2.24, 2.45) is 11.8 Å².